The molecule has 0 aliphatic carbocycles. The number of hydrogen-bond acceptors (Lipinski definition) is 3. The summed E-state index contributed by atoms with van der Waals surface area (Å²) in [6.07, 6.45) is 4.05. The predicted molar refractivity (Wildman–Crippen MR) is 66.7 cm³/mol. The average Bonchev–Trinajstić information content (AvgIpc) is 2.63. The standard InChI is InChI=1S/C13H24N2O2/c1-10-4-3-5-11(2)15(10)13(17)9-14-7-6-12(16)8-14/h10-12,16H,3-9H2,1-2H3/t10?,11?,12-/m1/s1. The van der Waals surface area contributed by atoms with Gasteiger partial charge in [0.1, 0.15) is 0 Å². The lowest BCUT2D eigenvalue weighted by Crippen LogP contribution is -2.50. The van der Waals surface area contributed by atoms with Gasteiger partial charge in [0.15, 0.2) is 0 Å². The molecule has 2 aliphatic rings. The van der Waals surface area contributed by atoms with Crippen LogP contribution in [0.4, 0.5) is 0 Å². The van der Waals surface area contributed by atoms with Crippen molar-refractivity contribution in [2.24, 2.45) is 0 Å². The van der Waals surface area contributed by atoms with E-state index < -0.39 is 0 Å². The monoisotopic (exact) mass is 240 g/mol. The van der Waals surface area contributed by atoms with Crippen molar-refractivity contribution in [1.29, 1.82) is 0 Å². The number of carbonyl (C=O) groups is 1. The molecule has 3 atom stereocenters. The van der Waals surface area contributed by atoms with Crippen LogP contribution in [-0.2, 0) is 4.79 Å². The number of carbonyl (C=O) groups excluding carboxylic acids is 1. The second-order valence-electron chi connectivity index (χ2n) is 5.61. The van der Waals surface area contributed by atoms with Gasteiger partial charge in [0.25, 0.3) is 0 Å². The first-order chi connectivity index (χ1) is 8.08. The van der Waals surface area contributed by atoms with Crippen LogP contribution in [0.5, 0.6) is 0 Å². The van der Waals surface area contributed by atoms with Crippen LogP contribution in [0.15, 0.2) is 0 Å². The van der Waals surface area contributed by atoms with Crippen molar-refractivity contribution in [2.75, 3.05) is 19.6 Å². The van der Waals surface area contributed by atoms with Gasteiger partial charge in [-0.15, -0.1) is 0 Å². The molecule has 2 saturated heterocycles. The van der Waals surface area contributed by atoms with Gasteiger partial charge in [0.05, 0.1) is 12.6 Å². The van der Waals surface area contributed by atoms with Gasteiger partial charge in [-0.3, -0.25) is 9.69 Å². The number of piperidine rings is 1. The molecule has 4 heteroatoms. The molecule has 0 spiro atoms. The molecule has 0 aromatic rings. The van der Waals surface area contributed by atoms with E-state index in [1.54, 1.807) is 0 Å². The molecule has 2 rings (SSSR count). The molecule has 98 valence electrons. The van der Waals surface area contributed by atoms with Crippen LogP contribution in [0, 0.1) is 0 Å². The molecular weight excluding hydrogens is 216 g/mol. The molecule has 0 radical (unpaired) electrons. The fraction of sp³-hybridized carbons (Fsp3) is 0.923. The first-order valence-electron chi connectivity index (χ1n) is 6.79. The fourth-order valence-corrected chi connectivity index (χ4v) is 3.14. The number of hydrogen-bond donors (Lipinski definition) is 1. The Labute approximate surface area is 104 Å². The number of aliphatic hydroxyl groups excluding tert-OH is 1. The first-order valence-corrected chi connectivity index (χ1v) is 6.79. The quantitative estimate of drug-likeness (QED) is 0.778. The molecule has 2 heterocycles. The molecule has 0 bridgehead atoms. The summed E-state index contributed by atoms with van der Waals surface area (Å²) in [7, 11) is 0. The highest BCUT2D eigenvalue weighted by Gasteiger charge is 2.31. The molecule has 0 aromatic carbocycles. The Morgan fingerprint density at radius 1 is 1.24 bits per heavy atom. The largest absolute Gasteiger partial charge is 0.392 e. The Bertz CT molecular complexity index is 273. The van der Waals surface area contributed by atoms with E-state index in [0.717, 1.165) is 25.8 Å². The van der Waals surface area contributed by atoms with Crippen LogP contribution >= 0.6 is 0 Å². The van der Waals surface area contributed by atoms with Crippen LogP contribution in [0.1, 0.15) is 39.5 Å². The average molecular weight is 240 g/mol. The second kappa shape index (κ2) is 5.36. The topological polar surface area (TPSA) is 43.8 Å². The summed E-state index contributed by atoms with van der Waals surface area (Å²) >= 11 is 0. The Kier molecular flexibility index (Phi) is 4.05. The molecular formula is C13H24N2O2. The van der Waals surface area contributed by atoms with Gasteiger partial charge in [-0.2, -0.15) is 0 Å². The lowest BCUT2D eigenvalue weighted by molar-refractivity contribution is -0.138. The first kappa shape index (κ1) is 12.8. The van der Waals surface area contributed by atoms with Crippen molar-refractivity contribution in [1.82, 2.24) is 9.80 Å². The van der Waals surface area contributed by atoms with Gasteiger partial charge in [-0.05, 0) is 39.5 Å². The summed E-state index contributed by atoms with van der Waals surface area (Å²) in [6.45, 7) is 6.27. The van der Waals surface area contributed by atoms with E-state index in [9.17, 15) is 9.90 Å². The van der Waals surface area contributed by atoms with Crippen LogP contribution < -0.4 is 0 Å². The second-order valence-corrected chi connectivity index (χ2v) is 5.61. The number of amides is 1. The zero-order valence-corrected chi connectivity index (χ0v) is 10.9. The van der Waals surface area contributed by atoms with Gasteiger partial charge in [0.2, 0.25) is 5.91 Å². The van der Waals surface area contributed by atoms with Gasteiger partial charge in [-0.25, -0.2) is 0 Å². The molecule has 4 nitrogen and oxygen atoms in total. The van der Waals surface area contributed by atoms with E-state index in [4.69, 9.17) is 0 Å². The van der Waals surface area contributed by atoms with Crippen molar-refractivity contribution in [3.8, 4) is 0 Å². The van der Waals surface area contributed by atoms with Crippen LogP contribution in [0.3, 0.4) is 0 Å². The van der Waals surface area contributed by atoms with Gasteiger partial charge in [0, 0.05) is 25.2 Å². The van der Waals surface area contributed by atoms with Gasteiger partial charge >= 0.3 is 0 Å². The molecule has 1 amide bonds. The van der Waals surface area contributed by atoms with Crippen molar-refractivity contribution in [3.63, 3.8) is 0 Å². The highest BCUT2D eigenvalue weighted by molar-refractivity contribution is 5.79. The Balaban J connectivity index is 1.89. The predicted octanol–water partition coefficient (Wildman–Crippen LogP) is 0.843. The molecule has 2 unspecified atom stereocenters. The number of nitrogens with zero attached hydrogens (tertiary/aromatic N) is 2. The molecule has 2 fully saturated rings. The Hall–Kier alpha value is -0.610. The van der Waals surface area contributed by atoms with E-state index in [0.29, 0.717) is 25.2 Å². The Morgan fingerprint density at radius 2 is 1.88 bits per heavy atom. The smallest absolute Gasteiger partial charge is 0.237 e. The van der Waals surface area contributed by atoms with Crippen LogP contribution in [0.25, 0.3) is 0 Å². The third-order valence-corrected chi connectivity index (χ3v) is 4.09. The molecule has 0 aromatic heterocycles. The highest BCUT2D eigenvalue weighted by Crippen LogP contribution is 2.23. The lowest BCUT2D eigenvalue weighted by atomic mass is 9.97. The zero-order chi connectivity index (χ0) is 12.4. The van der Waals surface area contributed by atoms with E-state index in [1.165, 1.54) is 6.42 Å². The lowest BCUT2D eigenvalue weighted by Gasteiger charge is -2.39. The van der Waals surface area contributed by atoms with Crippen LogP contribution in [-0.4, -0.2) is 58.6 Å². The number of likely N-dealkylation sites (tertiary alicyclic amines) is 2. The molecule has 1 N–H and O–H groups in total. The van der Waals surface area contributed by atoms with E-state index in [1.807, 2.05) is 4.90 Å². The maximum atomic E-state index is 12.3. The summed E-state index contributed by atoms with van der Waals surface area (Å²) < 4.78 is 0. The SMILES string of the molecule is CC1CCCC(C)N1C(=O)CN1CC[C@@H](O)C1. The van der Waals surface area contributed by atoms with Crippen LogP contribution in [0.2, 0.25) is 0 Å². The van der Waals surface area contributed by atoms with Gasteiger partial charge in [-0.1, -0.05) is 0 Å². The number of aliphatic hydroxyl groups is 1. The third kappa shape index (κ3) is 2.99. The highest BCUT2D eigenvalue weighted by atomic mass is 16.3. The normalized spacial score (nSPS) is 35.2. The fourth-order valence-electron chi connectivity index (χ4n) is 3.14. The van der Waals surface area contributed by atoms with E-state index in [-0.39, 0.29) is 12.0 Å². The van der Waals surface area contributed by atoms with E-state index >= 15 is 0 Å². The third-order valence-electron chi connectivity index (χ3n) is 4.09. The Morgan fingerprint density at radius 3 is 2.41 bits per heavy atom. The minimum absolute atomic E-state index is 0.235. The zero-order valence-electron chi connectivity index (χ0n) is 10.9. The summed E-state index contributed by atoms with van der Waals surface area (Å²) in [6, 6.07) is 0.748. The summed E-state index contributed by atoms with van der Waals surface area (Å²) in [5, 5.41) is 9.46. The maximum Gasteiger partial charge on any atom is 0.237 e. The van der Waals surface area contributed by atoms with Crippen molar-refractivity contribution in [3.05, 3.63) is 0 Å². The summed E-state index contributed by atoms with van der Waals surface area (Å²) in [5.74, 6) is 0.235. The van der Waals surface area contributed by atoms with Gasteiger partial charge < -0.3 is 10.0 Å². The number of β-amino-alcohol motifs (C(OH)–C–C–N with tert-alkyl or cyclic N) is 1. The van der Waals surface area contributed by atoms with Crippen molar-refractivity contribution in [2.45, 2.75) is 57.7 Å². The minimum atomic E-state index is -0.237. The molecule has 2 aliphatic heterocycles. The minimum Gasteiger partial charge on any atom is -0.392 e. The molecule has 17 heavy (non-hydrogen) atoms. The van der Waals surface area contributed by atoms with Crippen molar-refractivity contribution >= 4 is 5.91 Å². The summed E-state index contributed by atoms with van der Waals surface area (Å²) in [4.78, 5) is 16.4. The number of rotatable bonds is 2. The van der Waals surface area contributed by atoms with E-state index in [2.05, 4.69) is 18.7 Å². The summed E-state index contributed by atoms with van der Waals surface area (Å²) in [5.41, 5.74) is 0. The molecule has 0 saturated carbocycles. The van der Waals surface area contributed by atoms with Crippen molar-refractivity contribution < 1.29 is 9.90 Å². The maximum absolute atomic E-state index is 12.3.